The van der Waals surface area contributed by atoms with Crippen LogP contribution >= 0.6 is 0 Å². The molecule has 0 spiro atoms. The van der Waals surface area contributed by atoms with Crippen LogP contribution in [0.15, 0.2) is 78.2 Å². The molecule has 0 saturated heterocycles. The molecule has 0 aliphatic carbocycles. The standard InChI is InChI=1S/C19H12F4N4O2S/c20-16-7-13(8-17(10-16)26-6-2-5-24-26)14-11-25-27(12-14)30(28,29)18-4-1-3-15(9-18)19(21,22)23/h1-12H. The monoisotopic (exact) mass is 436 g/mol. The molecule has 0 saturated carbocycles. The third-order valence-electron chi connectivity index (χ3n) is 4.25. The van der Waals surface area contributed by atoms with E-state index in [4.69, 9.17) is 0 Å². The molecule has 11 heteroatoms. The second-order valence-corrected chi connectivity index (χ2v) is 8.08. The summed E-state index contributed by atoms with van der Waals surface area (Å²) in [6, 6.07) is 9.03. The topological polar surface area (TPSA) is 69.8 Å². The first-order valence-electron chi connectivity index (χ1n) is 8.43. The summed E-state index contributed by atoms with van der Waals surface area (Å²) in [6.45, 7) is 0. The van der Waals surface area contributed by atoms with Gasteiger partial charge in [0.15, 0.2) is 0 Å². The number of rotatable bonds is 4. The fraction of sp³-hybridized carbons (Fsp3) is 0.0526. The maximum atomic E-state index is 14.1. The van der Waals surface area contributed by atoms with Gasteiger partial charge in [0.25, 0.3) is 10.0 Å². The fourth-order valence-corrected chi connectivity index (χ4v) is 3.99. The van der Waals surface area contributed by atoms with Gasteiger partial charge in [0.1, 0.15) is 5.82 Å². The molecular formula is C19H12F4N4O2S. The van der Waals surface area contributed by atoms with Crippen molar-refractivity contribution < 1.29 is 26.0 Å². The molecule has 0 unspecified atom stereocenters. The first kappa shape index (κ1) is 19.8. The molecule has 154 valence electrons. The Hall–Kier alpha value is -3.47. The van der Waals surface area contributed by atoms with Gasteiger partial charge in [0, 0.05) is 18.0 Å². The van der Waals surface area contributed by atoms with Crippen molar-refractivity contribution in [2.45, 2.75) is 11.1 Å². The number of aromatic nitrogens is 4. The van der Waals surface area contributed by atoms with Crippen molar-refractivity contribution in [3.05, 3.63) is 84.7 Å². The van der Waals surface area contributed by atoms with Gasteiger partial charge < -0.3 is 0 Å². The van der Waals surface area contributed by atoms with E-state index in [2.05, 4.69) is 10.2 Å². The lowest BCUT2D eigenvalue weighted by atomic mass is 10.1. The van der Waals surface area contributed by atoms with Crippen molar-refractivity contribution in [3.8, 4) is 16.8 Å². The minimum atomic E-state index is -4.69. The SMILES string of the molecule is O=S(=O)(c1cccc(C(F)(F)F)c1)n1cc(-c2cc(F)cc(-n3cccn3)c2)cn1. The minimum Gasteiger partial charge on any atom is -0.241 e. The van der Waals surface area contributed by atoms with Crippen LogP contribution in [0.1, 0.15) is 5.56 Å². The Morgan fingerprint density at radius 3 is 2.43 bits per heavy atom. The summed E-state index contributed by atoms with van der Waals surface area (Å²) in [5.41, 5.74) is -0.0992. The van der Waals surface area contributed by atoms with Crippen molar-refractivity contribution in [1.82, 2.24) is 19.0 Å². The van der Waals surface area contributed by atoms with Crippen molar-refractivity contribution >= 4 is 10.0 Å². The van der Waals surface area contributed by atoms with Crippen molar-refractivity contribution in [2.24, 2.45) is 0 Å². The number of hydrogen-bond donors (Lipinski definition) is 0. The predicted molar refractivity (Wildman–Crippen MR) is 98.8 cm³/mol. The normalized spacial score (nSPS) is 12.3. The van der Waals surface area contributed by atoms with Crippen LogP contribution in [0.4, 0.5) is 17.6 Å². The average Bonchev–Trinajstić information content (AvgIpc) is 3.39. The lowest BCUT2D eigenvalue weighted by molar-refractivity contribution is -0.137. The summed E-state index contributed by atoms with van der Waals surface area (Å²) in [5.74, 6) is -0.577. The molecule has 4 rings (SSSR count). The molecule has 2 heterocycles. The highest BCUT2D eigenvalue weighted by Crippen LogP contribution is 2.31. The third kappa shape index (κ3) is 3.71. The largest absolute Gasteiger partial charge is 0.416 e. The summed E-state index contributed by atoms with van der Waals surface area (Å²) in [7, 11) is -4.38. The van der Waals surface area contributed by atoms with Crippen LogP contribution in [-0.4, -0.2) is 27.4 Å². The minimum absolute atomic E-state index is 0.262. The average molecular weight is 436 g/mol. The summed E-state index contributed by atoms with van der Waals surface area (Å²) < 4.78 is 80.2. The Balaban J connectivity index is 1.73. The molecule has 6 nitrogen and oxygen atoms in total. The van der Waals surface area contributed by atoms with Crippen molar-refractivity contribution in [1.29, 1.82) is 0 Å². The van der Waals surface area contributed by atoms with E-state index >= 15 is 0 Å². The molecule has 0 aliphatic rings. The summed E-state index contributed by atoms with van der Waals surface area (Å²) in [4.78, 5) is -0.566. The molecule has 0 bridgehead atoms. The molecule has 0 radical (unpaired) electrons. The van der Waals surface area contributed by atoms with Gasteiger partial charge in [-0.15, -0.1) is 0 Å². The van der Waals surface area contributed by atoms with E-state index in [1.807, 2.05) is 0 Å². The van der Waals surface area contributed by atoms with E-state index in [-0.39, 0.29) is 5.56 Å². The van der Waals surface area contributed by atoms with Gasteiger partial charge >= 0.3 is 6.18 Å². The Morgan fingerprint density at radius 1 is 0.933 bits per heavy atom. The Kier molecular flexibility index (Phi) is 4.69. The van der Waals surface area contributed by atoms with Crippen LogP contribution < -0.4 is 0 Å². The summed E-state index contributed by atoms with van der Waals surface area (Å²) in [6.07, 6.45) is 0.736. The quantitative estimate of drug-likeness (QED) is 0.451. The third-order valence-corrected chi connectivity index (χ3v) is 5.79. The summed E-state index contributed by atoms with van der Waals surface area (Å²) >= 11 is 0. The Bertz CT molecular complexity index is 1310. The number of nitrogens with zero attached hydrogens (tertiary/aromatic N) is 4. The van der Waals surface area contributed by atoms with Gasteiger partial charge in [-0.1, -0.05) is 6.07 Å². The van der Waals surface area contributed by atoms with Crippen LogP contribution in [0.25, 0.3) is 16.8 Å². The zero-order chi connectivity index (χ0) is 21.5. The first-order valence-corrected chi connectivity index (χ1v) is 9.87. The number of alkyl halides is 3. The molecule has 2 aromatic heterocycles. The molecule has 30 heavy (non-hydrogen) atoms. The lowest BCUT2D eigenvalue weighted by Gasteiger charge is -2.09. The fourth-order valence-electron chi connectivity index (χ4n) is 2.82. The lowest BCUT2D eigenvalue weighted by Crippen LogP contribution is -2.15. The van der Waals surface area contributed by atoms with Gasteiger partial charge in [-0.25, -0.2) is 9.07 Å². The van der Waals surface area contributed by atoms with Crippen LogP contribution in [0, 0.1) is 5.82 Å². The first-order chi connectivity index (χ1) is 14.1. The maximum absolute atomic E-state index is 14.1. The van der Waals surface area contributed by atoms with Crippen LogP contribution in [0.5, 0.6) is 0 Å². The number of halogens is 4. The smallest absolute Gasteiger partial charge is 0.241 e. The van der Waals surface area contributed by atoms with Gasteiger partial charge in [0.05, 0.1) is 28.5 Å². The van der Waals surface area contributed by atoms with E-state index < -0.39 is 32.5 Å². The maximum Gasteiger partial charge on any atom is 0.416 e. The predicted octanol–water partition coefficient (Wildman–Crippen LogP) is 4.13. The zero-order valence-electron chi connectivity index (χ0n) is 15.0. The molecule has 0 N–H and O–H groups in total. The second kappa shape index (κ2) is 7.10. The Labute approximate surface area is 168 Å². The van der Waals surface area contributed by atoms with Crippen molar-refractivity contribution in [3.63, 3.8) is 0 Å². The molecule has 0 fully saturated rings. The zero-order valence-corrected chi connectivity index (χ0v) is 15.8. The van der Waals surface area contributed by atoms with Gasteiger partial charge in [-0.05, 0) is 48.0 Å². The van der Waals surface area contributed by atoms with E-state index in [1.54, 1.807) is 18.3 Å². The number of hydrogen-bond acceptors (Lipinski definition) is 4. The van der Waals surface area contributed by atoms with E-state index in [1.165, 1.54) is 29.2 Å². The molecule has 0 amide bonds. The van der Waals surface area contributed by atoms with E-state index in [0.29, 0.717) is 21.4 Å². The highest BCUT2D eigenvalue weighted by atomic mass is 32.2. The van der Waals surface area contributed by atoms with Crippen LogP contribution in [-0.2, 0) is 16.2 Å². The summed E-state index contributed by atoms with van der Waals surface area (Å²) in [5, 5.41) is 7.77. The Morgan fingerprint density at radius 2 is 1.73 bits per heavy atom. The van der Waals surface area contributed by atoms with Gasteiger partial charge in [0.2, 0.25) is 0 Å². The van der Waals surface area contributed by atoms with E-state index in [9.17, 15) is 26.0 Å². The van der Waals surface area contributed by atoms with Crippen molar-refractivity contribution in [2.75, 3.05) is 0 Å². The van der Waals surface area contributed by atoms with Crippen LogP contribution in [0.3, 0.4) is 0 Å². The molecular weight excluding hydrogens is 424 g/mol. The molecule has 0 atom stereocenters. The van der Waals surface area contributed by atoms with Gasteiger partial charge in [-0.3, -0.25) is 0 Å². The highest BCUT2D eigenvalue weighted by molar-refractivity contribution is 7.89. The molecule has 0 aliphatic heterocycles. The van der Waals surface area contributed by atoms with E-state index in [0.717, 1.165) is 24.4 Å². The van der Waals surface area contributed by atoms with Gasteiger partial charge in [-0.2, -0.15) is 35.9 Å². The highest BCUT2D eigenvalue weighted by Gasteiger charge is 2.32. The van der Waals surface area contributed by atoms with Crippen LogP contribution in [0.2, 0.25) is 0 Å². The second-order valence-electron chi connectivity index (χ2n) is 6.28. The molecule has 2 aromatic carbocycles. The molecule has 4 aromatic rings. The number of benzene rings is 2.